The number of nitrogens with zero attached hydrogens (tertiary/aromatic N) is 3. The number of hydrogen-bond acceptors (Lipinski definition) is 4. The maximum Gasteiger partial charge on any atom is 0.196 e. The number of hydrogen-bond donors (Lipinski definition) is 3. The number of aromatic nitrogens is 2. The van der Waals surface area contributed by atoms with E-state index >= 15 is 0 Å². The average Bonchev–Trinajstić information content (AvgIpc) is 3.25. The van der Waals surface area contributed by atoms with Gasteiger partial charge in [0.15, 0.2) is 5.96 Å². The second-order valence-electron chi connectivity index (χ2n) is 8.37. The fourth-order valence-corrected chi connectivity index (χ4v) is 3.50. The van der Waals surface area contributed by atoms with Crippen LogP contribution in [0.25, 0.3) is 0 Å². The van der Waals surface area contributed by atoms with Crippen LogP contribution in [0.5, 0.6) is 5.75 Å². The minimum Gasteiger partial charge on any atom is -0.491 e. The highest BCUT2D eigenvalue weighted by Crippen LogP contribution is 2.17. The van der Waals surface area contributed by atoms with Crippen molar-refractivity contribution in [3.63, 3.8) is 0 Å². The van der Waals surface area contributed by atoms with E-state index in [1.807, 2.05) is 44.2 Å². The van der Waals surface area contributed by atoms with Gasteiger partial charge in [-0.15, -0.1) is 0 Å². The number of ether oxygens (including phenoxy) is 1. The number of guanidine groups is 1. The van der Waals surface area contributed by atoms with E-state index in [1.165, 1.54) is 25.9 Å². The molecule has 7 heteroatoms. The molecule has 3 rings (SSSR count). The molecule has 0 atom stereocenters. The fraction of sp³-hybridized carbons (Fsp3) is 0.565. The Labute approximate surface area is 180 Å². The Morgan fingerprint density at radius 2 is 2.00 bits per heavy atom. The molecule has 2 aromatic rings. The number of benzene rings is 1. The van der Waals surface area contributed by atoms with Gasteiger partial charge in [-0.3, -0.25) is 5.10 Å². The number of piperidine rings is 1. The van der Waals surface area contributed by atoms with Crippen LogP contribution in [-0.2, 0) is 6.54 Å². The lowest BCUT2D eigenvalue weighted by Crippen LogP contribution is -2.36. The topological polar surface area (TPSA) is 77.6 Å². The van der Waals surface area contributed by atoms with Crippen LogP contribution >= 0.6 is 0 Å². The molecule has 1 aromatic carbocycles. The zero-order valence-corrected chi connectivity index (χ0v) is 18.5. The van der Waals surface area contributed by atoms with Crippen molar-refractivity contribution in [2.75, 3.05) is 31.5 Å². The molecule has 1 fully saturated rings. The van der Waals surface area contributed by atoms with E-state index in [9.17, 15) is 0 Å². The summed E-state index contributed by atoms with van der Waals surface area (Å²) < 4.78 is 5.72. The average molecular weight is 413 g/mol. The minimum atomic E-state index is 0.167. The van der Waals surface area contributed by atoms with Gasteiger partial charge < -0.3 is 20.3 Å². The first-order chi connectivity index (χ1) is 14.6. The molecule has 0 bridgehead atoms. The maximum absolute atomic E-state index is 5.72. The number of aromatic amines is 1. The summed E-state index contributed by atoms with van der Waals surface area (Å²) in [5.74, 6) is 2.52. The molecule has 30 heavy (non-hydrogen) atoms. The van der Waals surface area contributed by atoms with Gasteiger partial charge in [-0.2, -0.15) is 5.10 Å². The maximum atomic E-state index is 5.72. The normalized spacial score (nSPS) is 16.1. The standard InChI is InChI=1S/C23H36N6O/c1-18(2)30-22-7-5-20(6-8-22)27-23(25-17-21-9-13-26-28-21)24-12-4-14-29-15-10-19(3)11-16-29/h5-9,13,18-19H,4,10-12,14-17H2,1-3H3,(H,26,28)(H2,24,25,27). The first-order valence-corrected chi connectivity index (χ1v) is 11.1. The molecule has 7 nitrogen and oxygen atoms in total. The lowest BCUT2D eigenvalue weighted by Gasteiger charge is -2.30. The largest absolute Gasteiger partial charge is 0.491 e. The Kier molecular flexibility index (Phi) is 8.56. The molecule has 1 aromatic heterocycles. The number of H-pyrrole nitrogens is 1. The molecule has 1 aliphatic heterocycles. The summed E-state index contributed by atoms with van der Waals surface area (Å²) in [6.07, 6.45) is 5.66. The van der Waals surface area contributed by atoms with Crippen LogP contribution in [0.3, 0.4) is 0 Å². The van der Waals surface area contributed by atoms with Gasteiger partial charge in [-0.05, 0) is 89.0 Å². The summed E-state index contributed by atoms with van der Waals surface area (Å²) in [5.41, 5.74) is 1.96. The van der Waals surface area contributed by atoms with E-state index in [0.29, 0.717) is 6.54 Å². The van der Waals surface area contributed by atoms with Gasteiger partial charge in [0.05, 0.1) is 18.3 Å². The summed E-state index contributed by atoms with van der Waals surface area (Å²) in [6.45, 7) is 11.4. The summed E-state index contributed by atoms with van der Waals surface area (Å²) in [7, 11) is 0. The molecule has 1 saturated heterocycles. The van der Waals surface area contributed by atoms with E-state index < -0.39 is 0 Å². The molecule has 0 amide bonds. The van der Waals surface area contributed by atoms with Crippen LogP contribution in [0.15, 0.2) is 41.5 Å². The third-order valence-electron chi connectivity index (χ3n) is 5.27. The fourth-order valence-electron chi connectivity index (χ4n) is 3.50. The van der Waals surface area contributed by atoms with E-state index in [1.54, 1.807) is 6.20 Å². The third-order valence-corrected chi connectivity index (χ3v) is 5.27. The Morgan fingerprint density at radius 1 is 1.23 bits per heavy atom. The zero-order valence-electron chi connectivity index (χ0n) is 18.5. The van der Waals surface area contributed by atoms with Crippen molar-refractivity contribution in [2.45, 2.75) is 52.7 Å². The Bertz CT molecular complexity index is 749. The molecular formula is C23H36N6O. The Hall–Kier alpha value is -2.54. The summed E-state index contributed by atoms with van der Waals surface area (Å²) in [4.78, 5) is 7.28. The van der Waals surface area contributed by atoms with Gasteiger partial charge in [-0.25, -0.2) is 4.99 Å². The first kappa shape index (κ1) is 22.2. The monoisotopic (exact) mass is 412 g/mol. The first-order valence-electron chi connectivity index (χ1n) is 11.1. The molecule has 1 aliphatic rings. The Morgan fingerprint density at radius 3 is 2.67 bits per heavy atom. The van der Waals surface area contributed by atoms with Crippen molar-refractivity contribution >= 4 is 11.6 Å². The summed E-state index contributed by atoms with van der Waals surface area (Å²) in [5, 5.41) is 13.8. The molecule has 0 unspecified atom stereocenters. The van der Waals surface area contributed by atoms with Gasteiger partial charge in [0, 0.05) is 18.4 Å². The molecular weight excluding hydrogens is 376 g/mol. The molecule has 0 radical (unpaired) electrons. The highest BCUT2D eigenvalue weighted by atomic mass is 16.5. The SMILES string of the molecule is CC1CCN(CCCNC(=NCc2ccn[nH]2)Nc2ccc(OC(C)C)cc2)CC1. The van der Waals surface area contributed by atoms with Gasteiger partial charge in [0.2, 0.25) is 0 Å². The van der Waals surface area contributed by atoms with Crippen LogP contribution in [0.2, 0.25) is 0 Å². The minimum absolute atomic E-state index is 0.167. The van der Waals surface area contributed by atoms with E-state index in [0.717, 1.165) is 48.5 Å². The van der Waals surface area contributed by atoms with Gasteiger partial charge in [0.1, 0.15) is 5.75 Å². The number of rotatable bonds is 9. The van der Waals surface area contributed by atoms with Gasteiger partial charge >= 0.3 is 0 Å². The lowest BCUT2D eigenvalue weighted by atomic mass is 9.99. The molecule has 0 aliphatic carbocycles. The third kappa shape index (κ3) is 7.71. The summed E-state index contributed by atoms with van der Waals surface area (Å²) >= 11 is 0. The van der Waals surface area contributed by atoms with Crippen molar-refractivity contribution in [2.24, 2.45) is 10.9 Å². The highest BCUT2D eigenvalue weighted by molar-refractivity contribution is 5.93. The Balaban J connectivity index is 1.51. The van der Waals surface area contributed by atoms with Crippen molar-refractivity contribution in [3.05, 3.63) is 42.2 Å². The van der Waals surface area contributed by atoms with Crippen LogP contribution in [0.4, 0.5) is 5.69 Å². The molecule has 0 spiro atoms. The lowest BCUT2D eigenvalue weighted by molar-refractivity contribution is 0.191. The van der Waals surface area contributed by atoms with Gasteiger partial charge in [0.25, 0.3) is 0 Å². The molecule has 3 N–H and O–H groups in total. The second kappa shape index (κ2) is 11.6. The van der Waals surface area contributed by atoms with Gasteiger partial charge in [-0.1, -0.05) is 6.92 Å². The van der Waals surface area contributed by atoms with E-state index in [-0.39, 0.29) is 6.10 Å². The highest BCUT2D eigenvalue weighted by Gasteiger charge is 2.14. The van der Waals surface area contributed by atoms with E-state index in [2.05, 4.69) is 32.7 Å². The molecule has 0 saturated carbocycles. The van der Waals surface area contributed by atoms with E-state index in [4.69, 9.17) is 9.73 Å². The number of likely N-dealkylation sites (tertiary alicyclic amines) is 1. The van der Waals surface area contributed by atoms with Crippen molar-refractivity contribution < 1.29 is 4.74 Å². The molecule has 164 valence electrons. The summed E-state index contributed by atoms with van der Waals surface area (Å²) in [6, 6.07) is 9.93. The predicted octanol–water partition coefficient (Wildman–Crippen LogP) is 3.88. The van der Waals surface area contributed by atoms with Crippen LogP contribution < -0.4 is 15.4 Å². The zero-order chi connectivity index (χ0) is 21.2. The van der Waals surface area contributed by atoms with Crippen LogP contribution in [-0.4, -0.2) is 53.3 Å². The quantitative estimate of drug-likeness (QED) is 0.331. The van der Waals surface area contributed by atoms with Crippen molar-refractivity contribution in [3.8, 4) is 5.75 Å². The predicted molar refractivity (Wildman–Crippen MR) is 123 cm³/mol. The smallest absolute Gasteiger partial charge is 0.196 e. The number of nitrogens with one attached hydrogen (secondary N) is 3. The van der Waals surface area contributed by atoms with Crippen LogP contribution in [0.1, 0.15) is 45.7 Å². The second-order valence-corrected chi connectivity index (χ2v) is 8.37. The molecule has 2 heterocycles. The van der Waals surface area contributed by atoms with Crippen LogP contribution in [0, 0.1) is 5.92 Å². The number of anilines is 1. The number of aliphatic imine (C=N–C) groups is 1. The van der Waals surface area contributed by atoms with Crippen molar-refractivity contribution in [1.29, 1.82) is 0 Å². The van der Waals surface area contributed by atoms with Crippen molar-refractivity contribution in [1.82, 2.24) is 20.4 Å².